The standard InChI is InChI=1S/C45H52N6O8S2/c1-3-32(4-5-33-10-14-37(15-11-33)51-30-39(53)27-41(51)45(58)59-2)16-19-46-28-42(54)47-20-24-60-61-25-21-48-43(55)31-49-22-17-35(18-23-49)7-6-34-8-12-36(13-9-34)50-29-38(52)26-40(50)44(56)57/h3-19,22-23,38-41,52-53H,1,20-21,24-31H2,2H3,(H2-,47,48,54,55,56,57)/p+1/b5-4+,32-16+,46-19+. The van der Waals surface area contributed by atoms with Crippen LogP contribution in [0.3, 0.4) is 0 Å². The molecule has 4 atom stereocenters. The van der Waals surface area contributed by atoms with Crippen LogP contribution in [0.2, 0.25) is 0 Å². The van der Waals surface area contributed by atoms with E-state index in [1.165, 1.54) is 7.11 Å². The molecule has 2 fully saturated rings. The van der Waals surface area contributed by atoms with Crippen molar-refractivity contribution < 1.29 is 43.8 Å². The maximum Gasteiger partial charge on any atom is 0.328 e. The highest BCUT2D eigenvalue weighted by molar-refractivity contribution is 8.76. The van der Waals surface area contributed by atoms with Gasteiger partial charge in [0.25, 0.3) is 5.91 Å². The Morgan fingerprint density at radius 1 is 0.803 bits per heavy atom. The molecule has 0 radical (unpaired) electrons. The first-order valence-corrected chi connectivity index (χ1v) is 22.4. The Bertz CT molecular complexity index is 2080. The fraction of sp³-hybridized carbons (Fsp3) is 0.333. The molecule has 0 bridgehead atoms. The van der Waals surface area contributed by atoms with Gasteiger partial charge in [0.2, 0.25) is 12.5 Å². The van der Waals surface area contributed by atoms with E-state index in [0.717, 1.165) is 39.4 Å². The van der Waals surface area contributed by atoms with Gasteiger partial charge in [0.15, 0.2) is 12.4 Å². The average Bonchev–Trinajstić information content (AvgIpc) is 3.86. The Hall–Kier alpha value is -5.68. The van der Waals surface area contributed by atoms with Crippen LogP contribution in [0.5, 0.6) is 0 Å². The van der Waals surface area contributed by atoms with Gasteiger partial charge >= 0.3 is 11.9 Å². The third kappa shape index (κ3) is 14.8. The van der Waals surface area contributed by atoms with Crippen LogP contribution in [0.15, 0.2) is 108 Å². The maximum absolute atomic E-state index is 12.5. The predicted octanol–water partition coefficient (Wildman–Crippen LogP) is 3.79. The molecule has 5 rings (SSSR count). The minimum absolute atomic E-state index is 0.00520. The summed E-state index contributed by atoms with van der Waals surface area (Å²) in [6.07, 6.45) is 15.8. The van der Waals surface area contributed by atoms with E-state index in [0.29, 0.717) is 38.4 Å². The number of carboxylic acid groups (broad SMARTS) is 1. The number of aromatic nitrogens is 1. The molecule has 3 aromatic rings. The molecule has 0 aliphatic carbocycles. The van der Waals surface area contributed by atoms with Crippen molar-refractivity contribution in [3.63, 3.8) is 0 Å². The molecule has 2 saturated heterocycles. The molecule has 0 spiro atoms. The van der Waals surface area contributed by atoms with E-state index in [2.05, 4.69) is 22.2 Å². The zero-order valence-corrected chi connectivity index (χ0v) is 35.7. The lowest BCUT2D eigenvalue weighted by Crippen LogP contribution is -2.42. The smallest absolute Gasteiger partial charge is 0.328 e. The van der Waals surface area contributed by atoms with E-state index in [9.17, 15) is 34.5 Å². The number of allylic oxidation sites excluding steroid dienone is 4. The summed E-state index contributed by atoms with van der Waals surface area (Å²) >= 11 is 0. The molecule has 3 heterocycles. The van der Waals surface area contributed by atoms with Gasteiger partial charge < -0.3 is 40.5 Å². The third-order valence-corrected chi connectivity index (χ3v) is 12.3. The third-order valence-electron chi connectivity index (χ3n) is 9.89. The lowest BCUT2D eigenvalue weighted by atomic mass is 10.1. The number of β-amino-alcohol motifs (C(OH)–C–C–N with tert-alkyl or cyclic N) is 2. The second-order valence-corrected chi connectivity index (χ2v) is 17.0. The summed E-state index contributed by atoms with van der Waals surface area (Å²) in [5.74, 6) is -0.129. The number of hydrogen-bond acceptors (Lipinski definition) is 12. The first kappa shape index (κ1) is 46.4. The highest BCUT2D eigenvalue weighted by Crippen LogP contribution is 2.28. The summed E-state index contributed by atoms with van der Waals surface area (Å²) in [4.78, 5) is 56.1. The number of carbonyl (C=O) groups excluding carboxylic acids is 3. The molecule has 4 unspecified atom stereocenters. The van der Waals surface area contributed by atoms with Gasteiger partial charge in [-0.25, -0.2) is 9.59 Å². The number of carboxylic acids is 1. The van der Waals surface area contributed by atoms with Crippen LogP contribution in [-0.4, -0.2) is 121 Å². The van der Waals surface area contributed by atoms with Gasteiger partial charge in [0.05, 0.1) is 19.3 Å². The van der Waals surface area contributed by atoms with Crippen molar-refractivity contribution in [3.8, 4) is 0 Å². The molecule has 1 aromatic heterocycles. The Balaban J connectivity index is 0.903. The summed E-state index contributed by atoms with van der Waals surface area (Å²) in [5.41, 5.74) is 5.26. The molecule has 2 aromatic carbocycles. The fourth-order valence-corrected chi connectivity index (χ4v) is 8.56. The summed E-state index contributed by atoms with van der Waals surface area (Å²) in [6.45, 7) is 5.74. The van der Waals surface area contributed by atoms with E-state index >= 15 is 0 Å². The van der Waals surface area contributed by atoms with Gasteiger partial charge in [-0.1, -0.05) is 82.8 Å². The molecule has 2 aliphatic rings. The SMILES string of the molecule is C=CC(/C=C/c1ccc(N2CC(O)CC2C(=O)OC)cc1)=C\C=N\CC(=O)NCCSSCCNC(=O)C[n+]1ccc(/C=C/c2ccc(N3CC(O)CC3C(=O)O)cc2)cc1. The Morgan fingerprint density at radius 2 is 1.33 bits per heavy atom. The zero-order valence-electron chi connectivity index (χ0n) is 34.0. The number of nitrogens with zero attached hydrogens (tertiary/aromatic N) is 4. The Morgan fingerprint density at radius 3 is 1.89 bits per heavy atom. The van der Waals surface area contributed by atoms with Gasteiger partial charge in [0.1, 0.15) is 18.6 Å². The fourth-order valence-electron chi connectivity index (χ4n) is 6.74. The number of carbonyl (C=O) groups is 4. The van der Waals surface area contributed by atoms with Gasteiger partial charge in [-0.05, 0) is 52.6 Å². The number of esters is 1. The van der Waals surface area contributed by atoms with Crippen LogP contribution in [-0.2, 0) is 30.5 Å². The van der Waals surface area contributed by atoms with E-state index in [-0.39, 0.29) is 37.3 Å². The van der Waals surface area contributed by atoms with Gasteiger partial charge in [-0.2, -0.15) is 4.57 Å². The summed E-state index contributed by atoms with van der Waals surface area (Å²) in [6, 6.07) is 17.8. The van der Waals surface area contributed by atoms with Crippen LogP contribution in [0.25, 0.3) is 18.2 Å². The Kier molecular flexibility index (Phi) is 18.2. The monoisotopic (exact) mass is 869 g/mol. The van der Waals surface area contributed by atoms with Crippen molar-refractivity contribution in [2.45, 2.75) is 43.7 Å². The molecule has 0 saturated carbocycles. The van der Waals surface area contributed by atoms with Crippen molar-refractivity contribution >= 4 is 81.2 Å². The van der Waals surface area contributed by atoms with Crippen molar-refractivity contribution in [1.82, 2.24) is 10.6 Å². The number of aliphatic carboxylic acids is 1. The molecule has 2 amide bonds. The van der Waals surface area contributed by atoms with Crippen LogP contribution in [0.1, 0.15) is 29.5 Å². The topological polar surface area (TPSA) is 185 Å². The number of rotatable bonds is 21. The minimum atomic E-state index is -0.940. The summed E-state index contributed by atoms with van der Waals surface area (Å²) in [5, 5.41) is 35.3. The molecule has 322 valence electrons. The van der Waals surface area contributed by atoms with Gasteiger partial charge in [-0.3, -0.25) is 14.6 Å². The van der Waals surface area contributed by atoms with Gasteiger partial charge in [0, 0.05) is 80.2 Å². The number of ether oxygens (including phenoxy) is 1. The number of amides is 2. The van der Waals surface area contributed by atoms with Crippen molar-refractivity contribution in [2.24, 2.45) is 4.99 Å². The molecular weight excluding hydrogens is 817 g/mol. The lowest BCUT2D eigenvalue weighted by Gasteiger charge is -2.24. The number of hydrogen-bond donors (Lipinski definition) is 5. The lowest BCUT2D eigenvalue weighted by molar-refractivity contribution is -0.684. The molecule has 16 heteroatoms. The Labute approximate surface area is 364 Å². The highest BCUT2D eigenvalue weighted by Gasteiger charge is 2.37. The number of aliphatic hydroxyl groups is 2. The van der Waals surface area contributed by atoms with Crippen molar-refractivity contribution in [1.29, 1.82) is 0 Å². The zero-order chi connectivity index (χ0) is 43.6. The molecule has 2 aliphatic heterocycles. The number of nitrogens with one attached hydrogen (secondary N) is 2. The number of anilines is 2. The first-order chi connectivity index (χ1) is 29.5. The first-order valence-electron chi connectivity index (χ1n) is 19.9. The second kappa shape index (κ2) is 23.9. The predicted molar refractivity (Wildman–Crippen MR) is 243 cm³/mol. The number of methoxy groups -OCH3 is 1. The van der Waals surface area contributed by atoms with Crippen LogP contribution in [0, 0.1) is 0 Å². The largest absolute Gasteiger partial charge is 0.480 e. The normalized spacial score (nSPS) is 19.2. The average molecular weight is 870 g/mol. The summed E-state index contributed by atoms with van der Waals surface area (Å²) in [7, 11) is 4.59. The molecule has 5 N–H and O–H groups in total. The van der Waals surface area contributed by atoms with E-state index in [1.807, 2.05) is 102 Å². The van der Waals surface area contributed by atoms with Crippen LogP contribution < -0.4 is 25.0 Å². The highest BCUT2D eigenvalue weighted by atomic mass is 33.1. The van der Waals surface area contributed by atoms with E-state index in [1.54, 1.807) is 49.4 Å². The number of aliphatic hydroxyl groups excluding tert-OH is 2. The quantitative estimate of drug-likeness (QED) is 0.0261. The van der Waals surface area contributed by atoms with Crippen LogP contribution >= 0.6 is 21.6 Å². The maximum atomic E-state index is 12.5. The van der Waals surface area contributed by atoms with E-state index in [4.69, 9.17) is 4.74 Å². The molecule has 14 nitrogen and oxygen atoms in total. The second-order valence-electron chi connectivity index (χ2n) is 14.3. The number of aliphatic imine (C=N–C) groups is 1. The molecular formula is C45H53N6O8S2+. The van der Waals surface area contributed by atoms with E-state index < -0.39 is 30.3 Å². The van der Waals surface area contributed by atoms with Crippen LogP contribution in [0.4, 0.5) is 11.4 Å². The van der Waals surface area contributed by atoms with Crippen molar-refractivity contribution in [2.75, 3.05) is 61.1 Å². The minimum Gasteiger partial charge on any atom is -0.480 e. The number of pyridine rings is 1. The molecule has 61 heavy (non-hydrogen) atoms. The number of benzene rings is 2. The van der Waals surface area contributed by atoms with Gasteiger partial charge in [-0.15, -0.1) is 0 Å². The van der Waals surface area contributed by atoms with Crippen molar-refractivity contribution in [3.05, 3.63) is 120 Å². The summed E-state index contributed by atoms with van der Waals surface area (Å²) < 4.78 is 6.70.